The molecule has 0 atom stereocenters. The zero-order valence-corrected chi connectivity index (χ0v) is 17.8. The van der Waals surface area contributed by atoms with Crippen LogP contribution in [0.3, 0.4) is 0 Å². The molecule has 0 aliphatic carbocycles. The van der Waals surface area contributed by atoms with Gasteiger partial charge >= 0.3 is 5.97 Å². The van der Waals surface area contributed by atoms with Crippen LogP contribution in [-0.2, 0) is 4.74 Å². The number of methoxy groups -OCH3 is 1. The number of benzene rings is 1. The summed E-state index contributed by atoms with van der Waals surface area (Å²) in [5.41, 5.74) is 0.620. The molecule has 3 rings (SSSR count). The molecule has 1 N–H and O–H groups in total. The standard InChI is InChI=1S/C21H27ClN4O3/c1-14(2)13-25-10-8-15(9-11-25)24-17-12-23-26(20(27)19(17)22)18-7-5-4-6-16(18)21(28)29-3/h4-7,12,14-15,24H,8-11,13H2,1-3H3. The molecule has 0 radical (unpaired) electrons. The molecule has 156 valence electrons. The van der Waals surface area contributed by atoms with Crippen molar-refractivity contribution in [3.8, 4) is 5.69 Å². The van der Waals surface area contributed by atoms with Crippen molar-refractivity contribution < 1.29 is 9.53 Å². The number of para-hydroxylation sites is 1. The Kier molecular flexibility index (Phi) is 6.92. The highest BCUT2D eigenvalue weighted by Gasteiger charge is 2.22. The molecule has 1 aliphatic heterocycles. The summed E-state index contributed by atoms with van der Waals surface area (Å²) < 4.78 is 5.92. The second-order valence-electron chi connectivity index (χ2n) is 7.71. The molecule has 2 aromatic rings. The van der Waals surface area contributed by atoms with Gasteiger partial charge in [-0.2, -0.15) is 9.78 Å². The third-order valence-electron chi connectivity index (χ3n) is 5.03. The van der Waals surface area contributed by atoms with Crippen LogP contribution in [0.4, 0.5) is 5.69 Å². The van der Waals surface area contributed by atoms with Crippen LogP contribution < -0.4 is 10.9 Å². The Morgan fingerprint density at radius 3 is 2.66 bits per heavy atom. The van der Waals surface area contributed by atoms with Crippen LogP contribution in [0.25, 0.3) is 5.69 Å². The summed E-state index contributed by atoms with van der Waals surface area (Å²) in [6.07, 6.45) is 3.51. The fourth-order valence-electron chi connectivity index (χ4n) is 3.64. The van der Waals surface area contributed by atoms with Gasteiger partial charge in [0.25, 0.3) is 5.56 Å². The van der Waals surface area contributed by atoms with Gasteiger partial charge in [0.15, 0.2) is 0 Å². The maximum atomic E-state index is 12.8. The van der Waals surface area contributed by atoms with Gasteiger partial charge in [-0.25, -0.2) is 4.79 Å². The van der Waals surface area contributed by atoms with Gasteiger partial charge in [-0.1, -0.05) is 37.6 Å². The van der Waals surface area contributed by atoms with Crippen molar-refractivity contribution in [1.82, 2.24) is 14.7 Å². The molecule has 1 saturated heterocycles. The Bertz CT molecular complexity index is 920. The molecule has 1 aromatic carbocycles. The first-order valence-electron chi connectivity index (χ1n) is 9.85. The van der Waals surface area contributed by atoms with Crippen LogP contribution in [0.5, 0.6) is 0 Å². The second kappa shape index (κ2) is 9.41. The number of ether oxygens (including phenoxy) is 1. The van der Waals surface area contributed by atoms with E-state index in [-0.39, 0.29) is 16.6 Å². The van der Waals surface area contributed by atoms with Gasteiger partial charge in [-0.15, -0.1) is 0 Å². The predicted molar refractivity (Wildman–Crippen MR) is 114 cm³/mol. The Hall–Kier alpha value is -2.38. The SMILES string of the molecule is COC(=O)c1ccccc1-n1ncc(NC2CCN(CC(C)C)CC2)c(Cl)c1=O. The van der Waals surface area contributed by atoms with Crippen molar-refractivity contribution in [3.05, 3.63) is 51.4 Å². The molecule has 0 saturated carbocycles. The maximum absolute atomic E-state index is 12.8. The molecule has 0 amide bonds. The molecule has 7 nitrogen and oxygen atoms in total. The number of carbonyl (C=O) groups excluding carboxylic acids is 1. The number of esters is 1. The molecule has 1 fully saturated rings. The van der Waals surface area contributed by atoms with Gasteiger partial charge in [0, 0.05) is 25.7 Å². The maximum Gasteiger partial charge on any atom is 0.340 e. The third-order valence-corrected chi connectivity index (χ3v) is 5.39. The molecule has 8 heteroatoms. The van der Waals surface area contributed by atoms with Crippen molar-refractivity contribution in [2.24, 2.45) is 5.92 Å². The lowest BCUT2D eigenvalue weighted by molar-refractivity contribution is 0.0600. The lowest BCUT2D eigenvalue weighted by atomic mass is 10.0. The van der Waals surface area contributed by atoms with Crippen molar-refractivity contribution >= 4 is 23.3 Å². The van der Waals surface area contributed by atoms with Crippen LogP contribution in [0.1, 0.15) is 37.0 Å². The minimum absolute atomic E-state index is 0.0595. The van der Waals surface area contributed by atoms with Crippen LogP contribution in [0, 0.1) is 5.92 Å². The van der Waals surface area contributed by atoms with Crippen LogP contribution in [-0.4, -0.2) is 53.4 Å². The molecule has 0 spiro atoms. The van der Waals surface area contributed by atoms with E-state index in [9.17, 15) is 9.59 Å². The summed E-state index contributed by atoms with van der Waals surface area (Å²) in [6, 6.07) is 6.88. The monoisotopic (exact) mass is 418 g/mol. The first-order valence-corrected chi connectivity index (χ1v) is 10.2. The lowest BCUT2D eigenvalue weighted by Gasteiger charge is -2.33. The fraction of sp³-hybridized carbons (Fsp3) is 0.476. The normalized spacial score (nSPS) is 15.5. The topological polar surface area (TPSA) is 76.5 Å². The van der Waals surface area contributed by atoms with E-state index in [1.54, 1.807) is 24.3 Å². The molecular weight excluding hydrogens is 392 g/mol. The second-order valence-corrected chi connectivity index (χ2v) is 8.09. The van der Waals surface area contributed by atoms with E-state index < -0.39 is 11.5 Å². The van der Waals surface area contributed by atoms with Crippen LogP contribution in [0.2, 0.25) is 5.02 Å². The summed E-state index contributed by atoms with van der Waals surface area (Å²) in [6.45, 7) is 7.59. The average molecular weight is 419 g/mol. The number of nitrogens with one attached hydrogen (secondary N) is 1. The van der Waals surface area contributed by atoms with E-state index in [1.807, 2.05) is 0 Å². The zero-order valence-electron chi connectivity index (χ0n) is 17.0. The van der Waals surface area contributed by atoms with Crippen molar-refractivity contribution in [1.29, 1.82) is 0 Å². The van der Waals surface area contributed by atoms with Gasteiger partial charge in [-0.05, 0) is 30.9 Å². The number of hydrogen-bond acceptors (Lipinski definition) is 6. The molecular formula is C21H27ClN4O3. The summed E-state index contributed by atoms with van der Waals surface area (Å²) in [5, 5.41) is 7.67. The predicted octanol–water partition coefficient (Wildman–Crippen LogP) is 3.20. The highest BCUT2D eigenvalue weighted by atomic mass is 35.5. The summed E-state index contributed by atoms with van der Waals surface area (Å²) in [7, 11) is 1.29. The van der Waals surface area contributed by atoms with Gasteiger partial charge in [0.05, 0.1) is 30.2 Å². The minimum atomic E-state index is -0.541. The van der Waals surface area contributed by atoms with E-state index in [0.29, 0.717) is 17.3 Å². The number of rotatable bonds is 6. The molecule has 1 aromatic heterocycles. The first kappa shape index (κ1) is 21.3. The highest BCUT2D eigenvalue weighted by molar-refractivity contribution is 6.33. The number of carbonyl (C=O) groups is 1. The number of aromatic nitrogens is 2. The summed E-state index contributed by atoms with van der Waals surface area (Å²) >= 11 is 6.37. The molecule has 29 heavy (non-hydrogen) atoms. The van der Waals surface area contributed by atoms with Crippen molar-refractivity contribution in [2.75, 3.05) is 32.1 Å². The smallest absolute Gasteiger partial charge is 0.340 e. The minimum Gasteiger partial charge on any atom is -0.465 e. The van der Waals surface area contributed by atoms with Gasteiger partial charge < -0.3 is 15.0 Å². The van der Waals surface area contributed by atoms with Crippen LogP contribution >= 0.6 is 11.6 Å². The van der Waals surface area contributed by atoms with Gasteiger partial charge in [0.1, 0.15) is 5.02 Å². The number of piperidine rings is 1. The number of nitrogens with zero attached hydrogens (tertiary/aromatic N) is 3. The largest absolute Gasteiger partial charge is 0.465 e. The Morgan fingerprint density at radius 2 is 2.00 bits per heavy atom. The highest BCUT2D eigenvalue weighted by Crippen LogP contribution is 2.22. The Labute approximate surface area is 175 Å². The number of likely N-dealkylation sites (tertiary alicyclic amines) is 1. The Morgan fingerprint density at radius 1 is 1.31 bits per heavy atom. The van der Waals surface area contributed by atoms with Crippen molar-refractivity contribution in [3.63, 3.8) is 0 Å². The fourth-order valence-corrected chi connectivity index (χ4v) is 3.83. The number of anilines is 1. The number of halogens is 1. The summed E-state index contributed by atoms with van der Waals surface area (Å²) in [4.78, 5) is 27.3. The van der Waals surface area contributed by atoms with E-state index in [0.717, 1.165) is 37.2 Å². The number of hydrogen-bond donors (Lipinski definition) is 1. The Balaban J connectivity index is 1.78. The first-order chi connectivity index (χ1) is 13.9. The average Bonchev–Trinajstić information content (AvgIpc) is 2.72. The molecule has 0 unspecified atom stereocenters. The third kappa shape index (κ3) is 4.97. The lowest BCUT2D eigenvalue weighted by Crippen LogP contribution is -2.41. The van der Waals surface area contributed by atoms with Gasteiger partial charge in [0.2, 0.25) is 0 Å². The van der Waals surface area contributed by atoms with Gasteiger partial charge in [-0.3, -0.25) is 4.79 Å². The van der Waals surface area contributed by atoms with Crippen molar-refractivity contribution in [2.45, 2.75) is 32.7 Å². The molecule has 2 heterocycles. The van der Waals surface area contributed by atoms with E-state index in [2.05, 4.69) is 29.2 Å². The van der Waals surface area contributed by atoms with E-state index in [1.165, 1.54) is 13.3 Å². The molecule has 0 bridgehead atoms. The van der Waals surface area contributed by atoms with E-state index >= 15 is 0 Å². The molecule has 1 aliphatic rings. The van der Waals surface area contributed by atoms with E-state index in [4.69, 9.17) is 16.3 Å². The quantitative estimate of drug-likeness (QED) is 0.726. The van der Waals surface area contributed by atoms with Crippen LogP contribution in [0.15, 0.2) is 35.3 Å². The zero-order chi connectivity index (χ0) is 21.0. The summed E-state index contributed by atoms with van der Waals surface area (Å²) in [5.74, 6) is 0.111.